The molecule has 1 amide bonds. The van der Waals surface area contributed by atoms with Gasteiger partial charge in [-0.3, -0.25) is 4.79 Å². The Hall–Kier alpha value is -1.24. The summed E-state index contributed by atoms with van der Waals surface area (Å²) in [5, 5.41) is 18.9. The highest BCUT2D eigenvalue weighted by atomic mass is 32.1. The van der Waals surface area contributed by atoms with E-state index in [4.69, 9.17) is 5.11 Å². The van der Waals surface area contributed by atoms with Crippen LogP contribution < -0.4 is 5.32 Å². The van der Waals surface area contributed by atoms with Gasteiger partial charge in [-0.25, -0.2) is 4.98 Å². The van der Waals surface area contributed by atoms with Crippen LogP contribution >= 0.6 is 22.7 Å². The second kappa shape index (κ2) is 6.97. The molecule has 108 valence electrons. The number of carbonyl (C=O) groups is 1. The number of hydrogen-bond acceptors (Lipinski definition) is 5. The van der Waals surface area contributed by atoms with Gasteiger partial charge in [0.25, 0.3) is 0 Å². The maximum Gasteiger partial charge on any atom is 0.226 e. The summed E-state index contributed by atoms with van der Waals surface area (Å²) in [4.78, 5) is 16.4. The molecule has 0 aromatic carbocycles. The molecule has 0 aliphatic rings. The first-order valence-corrected chi connectivity index (χ1v) is 8.29. The molecule has 2 atom stereocenters. The van der Waals surface area contributed by atoms with Gasteiger partial charge in [-0.2, -0.15) is 11.3 Å². The first-order valence-electron chi connectivity index (χ1n) is 6.47. The predicted octanol–water partition coefficient (Wildman–Crippen LogP) is 2.55. The highest BCUT2D eigenvalue weighted by molar-refractivity contribution is 7.14. The third kappa shape index (κ3) is 3.88. The second-order valence-electron chi connectivity index (χ2n) is 4.85. The summed E-state index contributed by atoms with van der Waals surface area (Å²) in [5.41, 5.74) is 1.89. The summed E-state index contributed by atoms with van der Waals surface area (Å²) in [6.45, 7) is 3.87. The van der Waals surface area contributed by atoms with Gasteiger partial charge in [0.2, 0.25) is 5.91 Å². The summed E-state index contributed by atoms with van der Waals surface area (Å²) >= 11 is 3.19. The average Bonchev–Trinajstić information content (AvgIpc) is 3.07. The van der Waals surface area contributed by atoms with Crippen LogP contribution in [0.5, 0.6) is 0 Å². The van der Waals surface area contributed by atoms with E-state index in [9.17, 15) is 4.79 Å². The van der Waals surface area contributed by atoms with E-state index in [0.717, 1.165) is 16.3 Å². The molecule has 4 nitrogen and oxygen atoms in total. The van der Waals surface area contributed by atoms with Crippen molar-refractivity contribution in [2.45, 2.75) is 26.3 Å². The van der Waals surface area contributed by atoms with Gasteiger partial charge in [-0.15, -0.1) is 11.3 Å². The summed E-state index contributed by atoms with van der Waals surface area (Å²) in [6, 6.07) is 1.99. The van der Waals surface area contributed by atoms with E-state index >= 15 is 0 Å². The molecule has 2 unspecified atom stereocenters. The molecule has 2 heterocycles. The van der Waals surface area contributed by atoms with Gasteiger partial charge >= 0.3 is 0 Å². The van der Waals surface area contributed by atoms with Crippen molar-refractivity contribution in [3.63, 3.8) is 0 Å². The monoisotopic (exact) mass is 310 g/mol. The number of thiophene rings is 1. The van der Waals surface area contributed by atoms with E-state index in [1.165, 1.54) is 0 Å². The lowest BCUT2D eigenvalue weighted by molar-refractivity contribution is -0.121. The first kappa shape index (κ1) is 15.2. The normalized spacial score (nSPS) is 13.9. The molecule has 0 fully saturated rings. The Balaban J connectivity index is 1.92. The molecule has 0 aliphatic carbocycles. The fourth-order valence-electron chi connectivity index (χ4n) is 1.68. The number of aromatic nitrogens is 1. The predicted molar refractivity (Wildman–Crippen MR) is 83.0 cm³/mol. The maximum atomic E-state index is 11.9. The first-order chi connectivity index (χ1) is 9.60. The maximum absolute atomic E-state index is 11.9. The Bertz CT molecular complexity index is 551. The van der Waals surface area contributed by atoms with E-state index in [0.29, 0.717) is 0 Å². The molecule has 0 bridgehead atoms. The Labute approximate surface area is 126 Å². The number of rotatable bonds is 6. The van der Waals surface area contributed by atoms with Crippen LogP contribution in [0.4, 0.5) is 0 Å². The topological polar surface area (TPSA) is 62.2 Å². The highest BCUT2D eigenvalue weighted by Gasteiger charge is 2.15. The number of amides is 1. The van der Waals surface area contributed by atoms with E-state index in [1.807, 2.05) is 36.1 Å². The summed E-state index contributed by atoms with van der Waals surface area (Å²) in [7, 11) is 0. The fraction of sp³-hybridized carbons (Fsp3) is 0.429. The largest absolute Gasteiger partial charge is 0.396 e. The standard InChI is InChI=1S/C14H18N2O2S2/c1-9(6-17)10(2)15-13(18)5-12-8-20-14(16-12)11-3-4-19-7-11/h3-4,7-10,17H,5-6H2,1-2H3,(H,15,18). The molecule has 0 aliphatic heterocycles. The minimum atomic E-state index is -0.0556. The Morgan fingerprint density at radius 3 is 2.90 bits per heavy atom. The van der Waals surface area contributed by atoms with Crippen molar-refractivity contribution in [2.24, 2.45) is 5.92 Å². The van der Waals surface area contributed by atoms with E-state index in [2.05, 4.69) is 10.3 Å². The number of aliphatic hydroxyl groups is 1. The van der Waals surface area contributed by atoms with Gasteiger partial charge in [-0.1, -0.05) is 6.92 Å². The minimum Gasteiger partial charge on any atom is -0.396 e. The molecular weight excluding hydrogens is 292 g/mol. The molecular formula is C14H18N2O2S2. The van der Waals surface area contributed by atoms with Crippen molar-refractivity contribution in [3.8, 4) is 10.6 Å². The van der Waals surface area contributed by atoms with Crippen LogP contribution in [0.1, 0.15) is 19.5 Å². The number of nitrogens with one attached hydrogen (secondary N) is 1. The van der Waals surface area contributed by atoms with Gasteiger partial charge in [0, 0.05) is 29.0 Å². The van der Waals surface area contributed by atoms with Crippen LogP contribution in [-0.4, -0.2) is 28.6 Å². The van der Waals surface area contributed by atoms with Crippen LogP contribution in [0.2, 0.25) is 0 Å². The Morgan fingerprint density at radius 1 is 1.45 bits per heavy atom. The third-order valence-electron chi connectivity index (χ3n) is 3.19. The molecule has 20 heavy (non-hydrogen) atoms. The molecule has 2 N–H and O–H groups in total. The number of aliphatic hydroxyl groups excluding tert-OH is 1. The number of thiazole rings is 1. The summed E-state index contributed by atoms with van der Waals surface area (Å²) < 4.78 is 0. The lowest BCUT2D eigenvalue weighted by atomic mass is 10.1. The Kier molecular flexibility index (Phi) is 5.28. The van der Waals surface area contributed by atoms with Crippen molar-refractivity contribution in [1.29, 1.82) is 0 Å². The minimum absolute atomic E-state index is 0.0394. The zero-order chi connectivity index (χ0) is 14.5. The molecule has 0 spiro atoms. The van der Waals surface area contributed by atoms with Gasteiger partial charge in [-0.05, 0) is 24.3 Å². The molecule has 2 aromatic rings. The van der Waals surface area contributed by atoms with Gasteiger partial charge in [0.05, 0.1) is 12.1 Å². The zero-order valence-electron chi connectivity index (χ0n) is 11.5. The summed E-state index contributed by atoms with van der Waals surface area (Å²) in [6.07, 6.45) is 0.281. The molecule has 0 radical (unpaired) electrons. The molecule has 0 saturated heterocycles. The molecule has 2 aromatic heterocycles. The summed E-state index contributed by atoms with van der Waals surface area (Å²) in [5.74, 6) is -0.00396. The SMILES string of the molecule is CC(CO)C(C)NC(=O)Cc1csc(-c2ccsc2)n1. The second-order valence-corrected chi connectivity index (χ2v) is 6.49. The highest BCUT2D eigenvalue weighted by Crippen LogP contribution is 2.25. The molecule has 6 heteroatoms. The third-order valence-corrected chi connectivity index (χ3v) is 4.82. The number of nitrogens with zero attached hydrogens (tertiary/aromatic N) is 1. The van der Waals surface area contributed by atoms with Gasteiger partial charge in [0.1, 0.15) is 5.01 Å². The van der Waals surface area contributed by atoms with Gasteiger partial charge in [0.15, 0.2) is 0 Å². The van der Waals surface area contributed by atoms with Crippen LogP contribution in [0.15, 0.2) is 22.2 Å². The quantitative estimate of drug-likeness (QED) is 0.862. The zero-order valence-corrected chi connectivity index (χ0v) is 13.1. The Morgan fingerprint density at radius 2 is 2.25 bits per heavy atom. The fourth-order valence-corrected chi connectivity index (χ4v) is 3.21. The number of carbonyl (C=O) groups excluding carboxylic acids is 1. The average molecular weight is 310 g/mol. The molecule has 0 saturated carbocycles. The lowest BCUT2D eigenvalue weighted by Crippen LogP contribution is -2.39. The van der Waals surface area contributed by atoms with Gasteiger partial charge < -0.3 is 10.4 Å². The number of hydrogen-bond donors (Lipinski definition) is 2. The van der Waals surface area contributed by atoms with E-state index < -0.39 is 0 Å². The van der Waals surface area contributed by atoms with Crippen molar-refractivity contribution in [2.75, 3.05) is 6.61 Å². The van der Waals surface area contributed by atoms with Crippen LogP contribution in [0, 0.1) is 5.92 Å². The van der Waals surface area contributed by atoms with Crippen molar-refractivity contribution in [1.82, 2.24) is 10.3 Å². The smallest absolute Gasteiger partial charge is 0.226 e. The molecule has 2 rings (SSSR count). The van der Waals surface area contributed by atoms with Crippen molar-refractivity contribution >= 4 is 28.6 Å². The van der Waals surface area contributed by atoms with Crippen LogP contribution in [-0.2, 0) is 11.2 Å². The van der Waals surface area contributed by atoms with Crippen LogP contribution in [0.3, 0.4) is 0 Å². The van der Waals surface area contributed by atoms with E-state index in [1.54, 1.807) is 22.7 Å². The lowest BCUT2D eigenvalue weighted by Gasteiger charge is -2.18. The van der Waals surface area contributed by atoms with Crippen molar-refractivity contribution < 1.29 is 9.90 Å². The van der Waals surface area contributed by atoms with E-state index in [-0.39, 0.29) is 30.9 Å². The van der Waals surface area contributed by atoms with Crippen LogP contribution in [0.25, 0.3) is 10.6 Å². The van der Waals surface area contributed by atoms with Crippen molar-refractivity contribution in [3.05, 3.63) is 27.9 Å².